The van der Waals surface area contributed by atoms with Crippen LogP contribution in [0.2, 0.25) is 0 Å². The lowest BCUT2D eigenvalue weighted by molar-refractivity contribution is 0.612. The van der Waals surface area contributed by atoms with Crippen molar-refractivity contribution in [3.63, 3.8) is 0 Å². The average molecular weight is 276 g/mol. The number of unbranched alkanes of at least 4 members (excludes halogenated alkanes) is 1. The van der Waals surface area contributed by atoms with E-state index < -0.39 is 0 Å². The van der Waals surface area contributed by atoms with Gasteiger partial charge in [0.25, 0.3) is 0 Å². The second kappa shape index (κ2) is 6.17. The molecule has 0 aliphatic rings. The summed E-state index contributed by atoms with van der Waals surface area (Å²) in [4.78, 5) is 13.3. The van der Waals surface area contributed by atoms with Crippen LogP contribution >= 0.6 is 11.3 Å². The Hall–Kier alpha value is -1.39. The fourth-order valence-corrected chi connectivity index (χ4v) is 3.08. The van der Waals surface area contributed by atoms with E-state index in [1.807, 2.05) is 11.5 Å². The fourth-order valence-electron chi connectivity index (χ4n) is 2.20. The molecular formula is C15H20N2OS. The predicted molar refractivity (Wildman–Crippen MR) is 81.8 cm³/mol. The molecule has 0 aliphatic carbocycles. The standard InChI is InChI=1S/C15H20N2OS/c1-11-5-7-13(8-6-11)14-12(2)19-15(18)17(14)10-4-3-9-16/h5-8H,3-4,9-10,16H2,1-2H3. The van der Waals surface area contributed by atoms with Crippen molar-refractivity contribution < 1.29 is 0 Å². The zero-order chi connectivity index (χ0) is 13.8. The van der Waals surface area contributed by atoms with Crippen molar-refractivity contribution in [2.45, 2.75) is 33.2 Å². The van der Waals surface area contributed by atoms with E-state index in [1.165, 1.54) is 16.9 Å². The van der Waals surface area contributed by atoms with Crippen molar-refractivity contribution in [2.24, 2.45) is 5.73 Å². The van der Waals surface area contributed by atoms with Crippen molar-refractivity contribution in [2.75, 3.05) is 6.54 Å². The maximum atomic E-state index is 12.0. The third kappa shape index (κ3) is 3.14. The molecule has 2 N–H and O–H groups in total. The highest BCUT2D eigenvalue weighted by Crippen LogP contribution is 2.25. The Morgan fingerprint density at radius 3 is 2.47 bits per heavy atom. The monoisotopic (exact) mass is 276 g/mol. The molecule has 1 aromatic heterocycles. The molecule has 0 unspecified atom stereocenters. The van der Waals surface area contributed by atoms with Crippen LogP contribution in [0.15, 0.2) is 29.1 Å². The van der Waals surface area contributed by atoms with Gasteiger partial charge >= 0.3 is 4.87 Å². The van der Waals surface area contributed by atoms with E-state index in [9.17, 15) is 4.79 Å². The van der Waals surface area contributed by atoms with Crippen molar-refractivity contribution in [3.05, 3.63) is 44.4 Å². The summed E-state index contributed by atoms with van der Waals surface area (Å²) in [6.45, 7) is 5.51. The Labute approximate surface area is 117 Å². The average Bonchev–Trinajstić information content (AvgIpc) is 2.66. The molecule has 2 aromatic rings. The minimum absolute atomic E-state index is 0.130. The number of hydrogen-bond acceptors (Lipinski definition) is 3. The van der Waals surface area contributed by atoms with Crippen LogP contribution in [0.3, 0.4) is 0 Å². The molecule has 19 heavy (non-hydrogen) atoms. The van der Waals surface area contributed by atoms with Crippen LogP contribution in [0.4, 0.5) is 0 Å². The Bertz CT molecular complexity index is 596. The van der Waals surface area contributed by atoms with Crippen molar-refractivity contribution in [1.82, 2.24) is 4.57 Å². The topological polar surface area (TPSA) is 48.0 Å². The van der Waals surface area contributed by atoms with Crippen LogP contribution in [0.25, 0.3) is 11.3 Å². The number of nitrogens with two attached hydrogens (primary N) is 1. The van der Waals surface area contributed by atoms with Crippen LogP contribution in [0, 0.1) is 13.8 Å². The second-order valence-electron chi connectivity index (χ2n) is 4.79. The fraction of sp³-hybridized carbons (Fsp3) is 0.400. The molecule has 3 nitrogen and oxygen atoms in total. The predicted octanol–water partition coefficient (Wildman–Crippen LogP) is 2.93. The lowest BCUT2D eigenvalue weighted by atomic mass is 10.1. The van der Waals surface area contributed by atoms with Gasteiger partial charge in [0.05, 0.1) is 5.69 Å². The third-order valence-corrected chi connectivity index (χ3v) is 4.12. The SMILES string of the molecule is Cc1ccc(-c2c(C)sc(=O)n2CCCCN)cc1. The molecule has 1 heterocycles. The highest BCUT2D eigenvalue weighted by molar-refractivity contribution is 7.09. The van der Waals surface area contributed by atoms with Crippen LogP contribution in [0.1, 0.15) is 23.3 Å². The maximum Gasteiger partial charge on any atom is 0.307 e. The number of nitrogens with zero attached hydrogens (tertiary/aromatic N) is 1. The summed E-state index contributed by atoms with van der Waals surface area (Å²) < 4.78 is 1.89. The van der Waals surface area contributed by atoms with Crippen molar-refractivity contribution in [3.8, 4) is 11.3 Å². The number of hydrogen-bond donors (Lipinski definition) is 1. The van der Waals surface area contributed by atoms with Gasteiger partial charge in [-0.2, -0.15) is 0 Å². The Balaban J connectivity index is 2.38. The van der Waals surface area contributed by atoms with E-state index in [0.29, 0.717) is 6.54 Å². The number of benzene rings is 1. The van der Waals surface area contributed by atoms with E-state index in [2.05, 4.69) is 31.2 Å². The Morgan fingerprint density at radius 2 is 1.84 bits per heavy atom. The first-order valence-electron chi connectivity index (χ1n) is 6.61. The van der Waals surface area contributed by atoms with Crippen LogP contribution in [-0.2, 0) is 6.54 Å². The number of thiazole rings is 1. The molecule has 2 rings (SSSR count). The van der Waals surface area contributed by atoms with Gasteiger partial charge in [0.2, 0.25) is 0 Å². The first kappa shape index (κ1) is 14.0. The molecule has 0 saturated heterocycles. The molecule has 4 heteroatoms. The summed E-state index contributed by atoms with van der Waals surface area (Å²) in [5.74, 6) is 0. The van der Waals surface area contributed by atoms with Gasteiger partial charge in [-0.15, -0.1) is 0 Å². The first-order valence-corrected chi connectivity index (χ1v) is 7.42. The Morgan fingerprint density at radius 1 is 1.16 bits per heavy atom. The molecule has 0 fully saturated rings. The van der Waals surface area contributed by atoms with E-state index in [1.54, 1.807) is 0 Å². The zero-order valence-corrected chi connectivity index (χ0v) is 12.3. The van der Waals surface area contributed by atoms with Gasteiger partial charge < -0.3 is 5.73 Å². The van der Waals surface area contributed by atoms with E-state index in [0.717, 1.165) is 35.5 Å². The minimum atomic E-state index is 0.130. The van der Waals surface area contributed by atoms with Crippen molar-refractivity contribution >= 4 is 11.3 Å². The van der Waals surface area contributed by atoms with Gasteiger partial charge in [-0.3, -0.25) is 9.36 Å². The Kier molecular flexibility index (Phi) is 4.56. The third-order valence-electron chi connectivity index (χ3n) is 3.23. The molecule has 102 valence electrons. The maximum absolute atomic E-state index is 12.0. The molecule has 1 aromatic carbocycles. The quantitative estimate of drug-likeness (QED) is 0.854. The summed E-state index contributed by atoms with van der Waals surface area (Å²) in [6.07, 6.45) is 1.90. The summed E-state index contributed by atoms with van der Waals surface area (Å²) >= 11 is 1.33. The summed E-state index contributed by atoms with van der Waals surface area (Å²) in [7, 11) is 0. The largest absolute Gasteiger partial charge is 0.330 e. The normalized spacial score (nSPS) is 10.9. The number of aromatic nitrogens is 1. The van der Waals surface area contributed by atoms with Gasteiger partial charge in [-0.1, -0.05) is 41.2 Å². The highest BCUT2D eigenvalue weighted by Gasteiger charge is 2.13. The van der Waals surface area contributed by atoms with Crippen LogP contribution < -0.4 is 10.6 Å². The van der Waals surface area contributed by atoms with E-state index >= 15 is 0 Å². The molecular weight excluding hydrogens is 256 g/mol. The lowest BCUT2D eigenvalue weighted by Crippen LogP contribution is -2.15. The summed E-state index contributed by atoms with van der Waals surface area (Å²) in [5, 5.41) is 0. The van der Waals surface area contributed by atoms with Crippen LogP contribution in [-0.4, -0.2) is 11.1 Å². The van der Waals surface area contributed by atoms with Gasteiger partial charge in [0.1, 0.15) is 0 Å². The van der Waals surface area contributed by atoms with Gasteiger partial charge in [-0.05, 0) is 38.8 Å². The first-order chi connectivity index (χ1) is 9.13. The smallest absolute Gasteiger partial charge is 0.307 e. The summed E-state index contributed by atoms with van der Waals surface area (Å²) in [6, 6.07) is 8.34. The van der Waals surface area contributed by atoms with Crippen LogP contribution in [0.5, 0.6) is 0 Å². The molecule has 0 spiro atoms. The molecule has 0 atom stereocenters. The second-order valence-corrected chi connectivity index (χ2v) is 5.95. The molecule has 0 radical (unpaired) electrons. The molecule has 0 saturated carbocycles. The zero-order valence-electron chi connectivity index (χ0n) is 11.5. The number of aryl methyl sites for hydroxylation is 2. The minimum Gasteiger partial charge on any atom is -0.330 e. The van der Waals surface area contributed by atoms with E-state index in [4.69, 9.17) is 5.73 Å². The van der Waals surface area contributed by atoms with Gasteiger partial charge in [0, 0.05) is 11.4 Å². The molecule has 0 bridgehead atoms. The van der Waals surface area contributed by atoms with Crippen molar-refractivity contribution in [1.29, 1.82) is 0 Å². The van der Waals surface area contributed by atoms with E-state index in [-0.39, 0.29) is 4.87 Å². The number of rotatable bonds is 5. The molecule has 0 amide bonds. The van der Waals surface area contributed by atoms with Gasteiger partial charge in [0.15, 0.2) is 0 Å². The summed E-state index contributed by atoms with van der Waals surface area (Å²) in [5.41, 5.74) is 8.93. The molecule has 0 aliphatic heterocycles. The highest BCUT2D eigenvalue weighted by atomic mass is 32.1. The lowest BCUT2D eigenvalue weighted by Gasteiger charge is -2.09. The van der Waals surface area contributed by atoms with Gasteiger partial charge in [-0.25, -0.2) is 0 Å².